The van der Waals surface area contributed by atoms with E-state index in [1.807, 2.05) is 0 Å². The molecule has 1 fully saturated rings. The molecule has 0 N–H and O–H groups in total. The Labute approximate surface area is 105 Å². The molecular weight excluding hydrogens is 210 g/mol. The van der Waals surface area contributed by atoms with Crippen LogP contribution in [0.15, 0.2) is 18.2 Å². The quantitative estimate of drug-likeness (QED) is 0.778. The fourth-order valence-electron chi connectivity index (χ4n) is 2.67. The maximum atomic E-state index is 5.78. The Morgan fingerprint density at radius 2 is 1.88 bits per heavy atom. The van der Waals surface area contributed by atoms with Gasteiger partial charge in [-0.2, -0.15) is 0 Å². The van der Waals surface area contributed by atoms with Crippen LogP contribution in [0.4, 0.5) is 5.69 Å². The Hall–Kier alpha value is -1.02. The number of morpholine rings is 1. The van der Waals surface area contributed by atoms with Crippen molar-refractivity contribution >= 4 is 5.69 Å². The highest BCUT2D eigenvalue weighted by molar-refractivity contribution is 5.55. The fourth-order valence-corrected chi connectivity index (χ4v) is 2.67. The van der Waals surface area contributed by atoms with Crippen molar-refractivity contribution in [3.8, 4) is 0 Å². The van der Waals surface area contributed by atoms with E-state index in [-0.39, 0.29) is 0 Å². The van der Waals surface area contributed by atoms with Gasteiger partial charge in [-0.15, -0.1) is 0 Å². The second-order valence-electron chi connectivity index (χ2n) is 5.14. The molecule has 0 unspecified atom stereocenters. The molecule has 2 nitrogen and oxygen atoms in total. The van der Waals surface area contributed by atoms with Crippen LogP contribution >= 0.6 is 0 Å². The molecule has 0 saturated carbocycles. The molecule has 0 radical (unpaired) electrons. The summed E-state index contributed by atoms with van der Waals surface area (Å²) in [6.07, 6.45) is 1.75. The lowest BCUT2D eigenvalue weighted by molar-refractivity contribution is -0.00524. The van der Waals surface area contributed by atoms with Gasteiger partial charge in [-0.05, 0) is 44.4 Å². The highest BCUT2D eigenvalue weighted by Crippen LogP contribution is 2.25. The van der Waals surface area contributed by atoms with Crippen LogP contribution in [0.2, 0.25) is 0 Å². The van der Waals surface area contributed by atoms with Gasteiger partial charge in [0, 0.05) is 18.8 Å². The van der Waals surface area contributed by atoms with Gasteiger partial charge in [-0.25, -0.2) is 0 Å². The van der Waals surface area contributed by atoms with E-state index < -0.39 is 0 Å². The molecule has 1 aromatic carbocycles. The lowest BCUT2D eigenvalue weighted by Gasteiger charge is -2.37. The first kappa shape index (κ1) is 12.4. The Balaban J connectivity index is 2.21. The number of rotatable bonds is 2. The average Bonchev–Trinajstić information content (AvgIpc) is 2.27. The van der Waals surface area contributed by atoms with Crippen LogP contribution in [0, 0.1) is 6.92 Å². The third-order valence-corrected chi connectivity index (χ3v) is 3.43. The van der Waals surface area contributed by atoms with Crippen molar-refractivity contribution < 1.29 is 4.74 Å². The summed E-state index contributed by atoms with van der Waals surface area (Å²) in [5.41, 5.74) is 4.16. The normalized spacial score (nSPS) is 25.1. The van der Waals surface area contributed by atoms with Crippen molar-refractivity contribution in [2.45, 2.75) is 46.3 Å². The summed E-state index contributed by atoms with van der Waals surface area (Å²) in [4.78, 5) is 2.45. The molecule has 2 heteroatoms. The number of benzene rings is 1. The number of aryl methyl sites for hydroxylation is 2. The number of hydrogen-bond donors (Lipinski definition) is 0. The Kier molecular flexibility index (Phi) is 3.72. The van der Waals surface area contributed by atoms with Gasteiger partial charge in [-0.3, -0.25) is 0 Å². The van der Waals surface area contributed by atoms with E-state index >= 15 is 0 Å². The monoisotopic (exact) mass is 233 g/mol. The van der Waals surface area contributed by atoms with E-state index in [0.717, 1.165) is 19.5 Å². The zero-order valence-electron chi connectivity index (χ0n) is 11.4. The summed E-state index contributed by atoms with van der Waals surface area (Å²) in [5.74, 6) is 0. The minimum Gasteiger partial charge on any atom is -0.372 e. The van der Waals surface area contributed by atoms with E-state index in [1.54, 1.807) is 0 Å². The molecule has 2 atom stereocenters. The van der Waals surface area contributed by atoms with Crippen LogP contribution in [-0.2, 0) is 11.2 Å². The Bertz CT molecular complexity index is 379. The molecule has 1 heterocycles. The summed E-state index contributed by atoms with van der Waals surface area (Å²) in [6.45, 7) is 10.7. The zero-order valence-corrected chi connectivity index (χ0v) is 11.4. The molecule has 2 rings (SSSR count). The van der Waals surface area contributed by atoms with Gasteiger partial charge in [0.05, 0.1) is 12.2 Å². The average molecular weight is 233 g/mol. The predicted octanol–water partition coefficient (Wildman–Crippen LogP) is 3.17. The van der Waals surface area contributed by atoms with Gasteiger partial charge in [0.25, 0.3) is 0 Å². The summed E-state index contributed by atoms with van der Waals surface area (Å²) >= 11 is 0. The van der Waals surface area contributed by atoms with Crippen LogP contribution < -0.4 is 4.90 Å². The van der Waals surface area contributed by atoms with Gasteiger partial charge >= 0.3 is 0 Å². The molecule has 17 heavy (non-hydrogen) atoms. The smallest absolute Gasteiger partial charge is 0.0726 e. The van der Waals surface area contributed by atoms with Gasteiger partial charge < -0.3 is 9.64 Å². The van der Waals surface area contributed by atoms with Gasteiger partial charge in [0.2, 0.25) is 0 Å². The minimum absolute atomic E-state index is 0.323. The maximum Gasteiger partial charge on any atom is 0.0726 e. The molecular formula is C15H23NO. The SMILES string of the molecule is CCc1ccc(N2C[C@@H](C)O[C@@H](C)C2)c(C)c1. The fraction of sp³-hybridized carbons (Fsp3) is 0.600. The molecule has 0 aliphatic carbocycles. The molecule has 1 aliphatic rings. The molecule has 0 bridgehead atoms. The van der Waals surface area contributed by atoms with Crippen LogP contribution in [0.3, 0.4) is 0 Å². The molecule has 1 aromatic rings. The number of nitrogens with zero attached hydrogens (tertiary/aromatic N) is 1. The summed E-state index contributed by atoms with van der Waals surface area (Å²) < 4.78 is 5.78. The first-order valence-corrected chi connectivity index (χ1v) is 6.60. The van der Waals surface area contributed by atoms with E-state index in [2.05, 4.69) is 50.8 Å². The van der Waals surface area contributed by atoms with Crippen molar-refractivity contribution in [2.24, 2.45) is 0 Å². The first-order chi connectivity index (χ1) is 8.10. The lowest BCUT2D eigenvalue weighted by atomic mass is 10.1. The van der Waals surface area contributed by atoms with Crippen LogP contribution in [0.1, 0.15) is 31.9 Å². The van der Waals surface area contributed by atoms with Crippen molar-refractivity contribution in [2.75, 3.05) is 18.0 Å². The maximum absolute atomic E-state index is 5.78. The van der Waals surface area contributed by atoms with E-state index in [4.69, 9.17) is 4.74 Å². The second kappa shape index (κ2) is 5.09. The summed E-state index contributed by atoms with van der Waals surface area (Å²) in [7, 11) is 0. The number of hydrogen-bond acceptors (Lipinski definition) is 2. The predicted molar refractivity (Wildman–Crippen MR) is 72.8 cm³/mol. The van der Waals surface area contributed by atoms with E-state index in [9.17, 15) is 0 Å². The number of anilines is 1. The number of ether oxygens (including phenoxy) is 1. The third kappa shape index (κ3) is 2.81. The van der Waals surface area contributed by atoms with Gasteiger partial charge in [-0.1, -0.05) is 19.1 Å². The summed E-state index contributed by atoms with van der Waals surface area (Å²) in [6, 6.07) is 6.81. The van der Waals surface area contributed by atoms with Crippen molar-refractivity contribution in [3.05, 3.63) is 29.3 Å². The topological polar surface area (TPSA) is 12.5 Å². The van der Waals surface area contributed by atoms with Crippen molar-refractivity contribution in [3.63, 3.8) is 0 Å². The Morgan fingerprint density at radius 1 is 1.24 bits per heavy atom. The molecule has 0 aromatic heterocycles. The van der Waals surface area contributed by atoms with Crippen LogP contribution in [-0.4, -0.2) is 25.3 Å². The second-order valence-corrected chi connectivity index (χ2v) is 5.14. The molecule has 94 valence electrons. The van der Waals surface area contributed by atoms with Gasteiger partial charge in [0.1, 0.15) is 0 Å². The highest BCUT2D eigenvalue weighted by Gasteiger charge is 2.23. The molecule has 1 aliphatic heterocycles. The van der Waals surface area contributed by atoms with Gasteiger partial charge in [0.15, 0.2) is 0 Å². The first-order valence-electron chi connectivity index (χ1n) is 6.60. The highest BCUT2D eigenvalue weighted by atomic mass is 16.5. The third-order valence-electron chi connectivity index (χ3n) is 3.43. The van der Waals surface area contributed by atoms with Crippen molar-refractivity contribution in [1.29, 1.82) is 0 Å². The van der Waals surface area contributed by atoms with Crippen molar-refractivity contribution in [1.82, 2.24) is 0 Å². The molecule has 1 saturated heterocycles. The molecule has 0 amide bonds. The largest absolute Gasteiger partial charge is 0.372 e. The lowest BCUT2D eigenvalue weighted by Crippen LogP contribution is -2.45. The zero-order chi connectivity index (χ0) is 12.4. The Morgan fingerprint density at radius 3 is 2.41 bits per heavy atom. The van der Waals surface area contributed by atoms with E-state index in [1.165, 1.54) is 16.8 Å². The minimum atomic E-state index is 0.323. The van der Waals surface area contributed by atoms with E-state index in [0.29, 0.717) is 12.2 Å². The molecule has 0 spiro atoms. The standard InChI is InChI=1S/C15H23NO/c1-5-14-6-7-15(11(2)8-14)16-9-12(3)17-13(4)10-16/h6-8,12-13H,5,9-10H2,1-4H3/t12-,13+. The van der Waals surface area contributed by atoms with Crippen LogP contribution in [0.25, 0.3) is 0 Å². The van der Waals surface area contributed by atoms with Crippen LogP contribution in [0.5, 0.6) is 0 Å². The summed E-state index contributed by atoms with van der Waals surface area (Å²) in [5, 5.41) is 0.